The molecule has 4 aromatic carbocycles. The molecule has 0 aromatic heterocycles. The quantitative estimate of drug-likeness (QED) is 0.151. The first-order valence-corrected chi connectivity index (χ1v) is 12.7. The van der Waals surface area contributed by atoms with E-state index >= 15 is 0 Å². The molecule has 0 heterocycles. The molecule has 0 bridgehead atoms. The first-order chi connectivity index (χ1) is 18.4. The van der Waals surface area contributed by atoms with Gasteiger partial charge in [0.05, 0.1) is 17.7 Å². The molecule has 0 saturated heterocycles. The number of carbonyl (C=O) groups excluding carboxylic acids is 2. The minimum atomic E-state index is -0.448. The summed E-state index contributed by atoms with van der Waals surface area (Å²) in [6, 6.07) is 25.9. The molecule has 0 saturated carbocycles. The van der Waals surface area contributed by atoms with Crippen LogP contribution in [0.1, 0.15) is 27.9 Å². The van der Waals surface area contributed by atoms with Gasteiger partial charge in [-0.3, -0.25) is 9.59 Å². The minimum Gasteiger partial charge on any atom is -0.506 e. The molecule has 0 atom stereocenters. The normalized spacial score (nSPS) is 11.0. The molecule has 0 aliphatic heterocycles. The highest BCUT2D eigenvalue weighted by Crippen LogP contribution is 2.24. The SMILES string of the molecule is CN(CCCNC(=O)Cc1ccc(/C=N/NC(=O)c2ccc(O)c(Cl)c2)c2ccccc12)c1ccccc1. The fourth-order valence-corrected chi connectivity index (χ4v) is 4.30. The lowest BCUT2D eigenvalue weighted by atomic mass is 9.98. The molecule has 4 aromatic rings. The van der Waals surface area contributed by atoms with Gasteiger partial charge in [-0.15, -0.1) is 0 Å². The molecule has 3 N–H and O–H groups in total. The Balaban J connectivity index is 1.34. The van der Waals surface area contributed by atoms with Crippen LogP contribution >= 0.6 is 11.6 Å². The number of anilines is 1. The van der Waals surface area contributed by atoms with E-state index in [0.717, 1.165) is 40.6 Å². The number of hydrogen-bond donors (Lipinski definition) is 3. The monoisotopic (exact) mass is 528 g/mol. The molecule has 0 radical (unpaired) electrons. The maximum atomic E-state index is 12.7. The van der Waals surface area contributed by atoms with Gasteiger partial charge in [0.25, 0.3) is 5.91 Å². The summed E-state index contributed by atoms with van der Waals surface area (Å²) >= 11 is 5.88. The summed E-state index contributed by atoms with van der Waals surface area (Å²) in [7, 11) is 2.04. The lowest BCUT2D eigenvalue weighted by Crippen LogP contribution is -2.29. The Labute approximate surface area is 226 Å². The number of aromatic hydroxyl groups is 1. The molecule has 0 aliphatic carbocycles. The first kappa shape index (κ1) is 26.7. The summed E-state index contributed by atoms with van der Waals surface area (Å²) in [5, 5.41) is 18.6. The topological polar surface area (TPSA) is 94.0 Å². The fourth-order valence-electron chi connectivity index (χ4n) is 4.12. The number of nitrogens with one attached hydrogen (secondary N) is 2. The third-order valence-corrected chi connectivity index (χ3v) is 6.47. The van der Waals surface area contributed by atoms with Gasteiger partial charge in [-0.05, 0) is 53.1 Å². The summed E-state index contributed by atoms with van der Waals surface area (Å²) in [4.78, 5) is 27.2. The number of phenols is 1. The van der Waals surface area contributed by atoms with Crippen molar-refractivity contribution < 1.29 is 14.7 Å². The van der Waals surface area contributed by atoms with Crippen LogP contribution in [0.2, 0.25) is 5.02 Å². The molecule has 194 valence electrons. The Bertz CT molecular complexity index is 1460. The van der Waals surface area contributed by atoms with Crippen LogP contribution in [0.25, 0.3) is 10.8 Å². The van der Waals surface area contributed by atoms with E-state index in [1.54, 1.807) is 6.21 Å². The second-order valence-electron chi connectivity index (χ2n) is 8.86. The van der Waals surface area contributed by atoms with Crippen LogP contribution in [0.15, 0.2) is 90.0 Å². The van der Waals surface area contributed by atoms with Gasteiger partial charge in [0.1, 0.15) is 5.75 Å². The molecule has 0 unspecified atom stereocenters. The van der Waals surface area contributed by atoms with E-state index < -0.39 is 5.91 Å². The molecule has 0 fully saturated rings. The van der Waals surface area contributed by atoms with Gasteiger partial charge in [0.15, 0.2) is 0 Å². The Morgan fingerprint density at radius 3 is 2.47 bits per heavy atom. The molecule has 0 spiro atoms. The summed E-state index contributed by atoms with van der Waals surface area (Å²) < 4.78 is 0. The van der Waals surface area contributed by atoms with Gasteiger partial charge < -0.3 is 15.3 Å². The summed E-state index contributed by atoms with van der Waals surface area (Å²) in [6.45, 7) is 1.45. The minimum absolute atomic E-state index is 0.0289. The predicted octanol–water partition coefficient (Wildman–Crippen LogP) is 5.15. The van der Waals surface area contributed by atoms with Crippen LogP contribution in [-0.4, -0.2) is 43.3 Å². The number of rotatable bonds is 10. The Hall–Kier alpha value is -4.36. The number of amides is 2. The third kappa shape index (κ3) is 6.89. The van der Waals surface area contributed by atoms with Crippen molar-refractivity contribution in [3.63, 3.8) is 0 Å². The number of halogens is 1. The highest BCUT2D eigenvalue weighted by Gasteiger charge is 2.10. The summed E-state index contributed by atoms with van der Waals surface area (Å²) in [5.74, 6) is -0.572. The Kier molecular flexibility index (Phi) is 8.95. The van der Waals surface area contributed by atoms with Gasteiger partial charge in [-0.25, -0.2) is 5.43 Å². The number of para-hydroxylation sites is 1. The maximum Gasteiger partial charge on any atom is 0.271 e. The lowest BCUT2D eigenvalue weighted by Gasteiger charge is -2.19. The molecule has 38 heavy (non-hydrogen) atoms. The van der Waals surface area contributed by atoms with Crippen molar-refractivity contribution >= 4 is 46.1 Å². The lowest BCUT2D eigenvalue weighted by molar-refractivity contribution is -0.120. The molecule has 2 amide bonds. The van der Waals surface area contributed by atoms with E-state index in [9.17, 15) is 14.7 Å². The van der Waals surface area contributed by atoms with Crippen LogP contribution in [0.4, 0.5) is 5.69 Å². The molecule has 0 aliphatic rings. The number of benzene rings is 4. The Morgan fingerprint density at radius 2 is 1.71 bits per heavy atom. The summed E-state index contributed by atoms with van der Waals surface area (Å²) in [5.41, 5.74) is 5.63. The van der Waals surface area contributed by atoms with Crippen molar-refractivity contribution in [2.45, 2.75) is 12.8 Å². The number of fused-ring (bicyclic) bond motifs is 1. The van der Waals surface area contributed by atoms with E-state index in [1.165, 1.54) is 18.2 Å². The highest BCUT2D eigenvalue weighted by atomic mass is 35.5. The predicted molar refractivity (Wildman–Crippen MR) is 153 cm³/mol. The standard InChI is InChI=1S/C30H29ClN4O3/c1-35(24-8-3-2-4-9-24)17-7-16-32-29(37)19-21-12-13-23(26-11-6-5-10-25(21)26)20-33-34-30(38)22-14-15-28(36)27(31)18-22/h2-6,8-15,18,20,36H,7,16-17,19H2,1H3,(H,32,37)(H,34,38)/b33-20+. The molecular formula is C30H29ClN4O3. The second kappa shape index (κ2) is 12.7. The molecule has 4 rings (SSSR count). The summed E-state index contributed by atoms with van der Waals surface area (Å²) in [6.07, 6.45) is 2.68. The van der Waals surface area contributed by atoms with E-state index in [-0.39, 0.29) is 28.7 Å². The third-order valence-electron chi connectivity index (χ3n) is 6.17. The number of phenolic OH excluding ortho intramolecular Hbond substituents is 1. The van der Waals surface area contributed by atoms with Crippen LogP contribution in [0.5, 0.6) is 5.75 Å². The average molecular weight is 529 g/mol. The van der Waals surface area contributed by atoms with E-state index in [0.29, 0.717) is 6.54 Å². The van der Waals surface area contributed by atoms with Gasteiger partial charge in [0, 0.05) is 37.0 Å². The van der Waals surface area contributed by atoms with Crippen LogP contribution in [0, 0.1) is 0 Å². The smallest absolute Gasteiger partial charge is 0.271 e. The Morgan fingerprint density at radius 1 is 0.974 bits per heavy atom. The van der Waals surface area contributed by atoms with Gasteiger partial charge in [-0.1, -0.05) is 66.2 Å². The second-order valence-corrected chi connectivity index (χ2v) is 9.27. The van der Waals surface area contributed by atoms with Crippen LogP contribution in [-0.2, 0) is 11.2 Å². The highest BCUT2D eigenvalue weighted by molar-refractivity contribution is 6.32. The van der Waals surface area contributed by atoms with Crippen molar-refractivity contribution in [2.24, 2.45) is 5.10 Å². The zero-order valence-electron chi connectivity index (χ0n) is 21.0. The zero-order chi connectivity index (χ0) is 26.9. The van der Waals surface area contributed by atoms with Gasteiger partial charge in [-0.2, -0.15) is 5.10 Å². The van der Waals surface area contributed by atoms with Crippen LogP contribution in [0.3, 0.4) is 0 Å². The molecule has 7 nitrogen and oxygen atoms in total. The van der Waals surface area contributed by atoms with Crippen LogP contribution < -0.4 is 15.6 Å². The number of carbonyl (C=O) groups is 2. The average Bonchev–Trinajstić information content (AvgIpc) is 2.94. The van der Waals surface area contributed by atoms with Crippen molar-refractivity contribution in [1.29, 1.82) is 0 Å². The fraction of sp³-hybridized carbons (Fsp3) is 0.167. The molecule has 8 heteroatoms. The van der Waals surface area contributed by atoms with Crippen molar-refractivity contribution in [3.05, 3.63) is 107 Å². The van der Waals surface area contributed by atoms with E-state index in [1.807, 2.05) is 61.6 Å². The van der Waals surface area contributed by atoms with Crippen molar-refractivity contribution in [2.75, 3.05) is 25.0 Å². The maximum absolute atomic E-state index is 12.7. The van der Waals surface area contributed by atoms with Crippen molar-refractivity contribution in [1.82, 2.24) is 10.7 Å². The van der Waals surface area contributed by atoms with E-state index in [2.05, 4.69) is 32.9 Å². The largest absolute Gasteiger partial charge is 0.506 e. The first-order valence-electron chi connectivity index (χ1n) is 12.3. The molecular weight excluding hydrogens is 500 g/mol. The van der Waals surface area contributed by atoms with Gasteiger partial charge in [0.2, 0.25) is 5.91 Å². The number of hydrazone groups is 1. The number of hydrogen-bond acceptors (Lipinski definition) is 5. The zero-order valence-corrected chi connectivity index (χ0v) is 21.8. The number of nitrogens with zero attached hydrogens (tertiary/aromatic N) is 2. The van der Waals surface area contributed by atoms with E-state index in [4.69, 9.17) is 11.6 Å². The van der Waals surface area contributed by atoms with Gasteiger partial charge >= 0.3 is 0 Å². The van der Waals surface area contributed by atoms with Crippen molar-refractivity contribution in [3.8, 4) is 5.75 Å².